The monoisotopic (exact) mass is 755 g/mol. The van der Waals surface area contributed by atoms with E-state index in [1.54, 1.807) is 20.8 Å². The molecule has 1 aliphatic rings. The number of amides is 3. The number of hydrogen-bond acceptors (Lipinski definition) is 4. The van der Waals surface area contributed by atoms with Gasteiger partial charge in [-0.2, -0.15) is 13.2 Å². The van der Waals surface area contributed by atoms with Gasteiger partial charge < -0.3 is 21.1 Å². The van der Waals surface area contributed by atoms with E-state index in [0.29, 0.717) is 0 Å². The van der Waals surface area contributed by atoms with Gasteiger partial charge in [0.15, 0.2) is 11.6 Å². The Bertz CT molecular complexity index is 1730. The quantitative estimate of drug-likeness (QED) is 0.172. The van der Waals surface area contributed by atoms with Crippen molar-refractivity contribution in [1.29, 1.82) is 0 Å². The molecule has 240 valence electrons. The van der Waals surface area contributed by atoms with Gasteiger partial charge in [0, 0.05) is 16.1 Å². The van der Waals surface area contributed by atoms with Crippen LogP contribution in [-0.4, -0.2) is 22.2 Å². The maximum Gasteiger partial charge on any atom is 0.417 e. The van der Waals surface area contributed by atoms with E-state index in [1.807, 2.05) is 0 Å². The number of anilines is 2. The van der Waals surface area contributed by atoms with E-state index in [1.165, 1.54) is 24.3 Å². The Hall–Kier alpha value is -3.13. The number of primary amides is 1. The first-order valence-corrected chi connectivity index (χ1v) is 14.7. The van der Waals surface area contributed by atoms with Gasteiger partial charge >= 0.3 is 12.3 Å². The molecule has 0 spiro atoms. The van der Waals surface area contributed by atoms with Crippen LogP contribution in [0.15, 0.2) is 46.9 Å². The Morgan fingerprint density at radius 2 is 1.62 bits per heavy atom. The van der Waals surface area contributed by atoms with Crippen molar-refractivity contribution < 1.29 is 41.1 Å². The lowest BCUT2D eigenvalue weighted by Crippen LogP contribution is -2.23. The van der Waals surface area contributed by atoms with E-state index >= 15 is 4.39 Å². The summed E-state index contributed by atoms with van der Waals surface area (Å²) in [6.45, 7) is 4.85. The van der Waals surface area contributed by atoms with Gasteiger partial charge in [-0.3, -0.25) is 9.59 Å². The van der Waals surface area contributed by atoms with Crippen molar-refractivity contribution in [2.45, 2.75) is 42.6 Å². The van der Waals surface area contributed by atoms with Crippen LogP contribution in [0.3, 0.4) is 0 Å². The van der Waals surface area contributed by atoms with E-state index in [9.17, 15) is 31.9 Å². The molecule has 1 fully saturated rings. The first-order valence-electron chi connectivity index (χ1n) is 12.8. The highest BCUT2D eigenvalue weighted by atomic mass is 79.9. The number of halogens is 9. The first kappa shape index (κ1) is 34.7. The highest BCUT2D eigenvalue weighted by molar-refractivity contribution is 9.10. The van der Waals surface area contributed by atoms with Crippen LogP contribution in [0.1, 0.15) is 53.7 Å². The molecule has 3 amide bonds. The third-order valence-corrected chi connectivity index (χ3v) is 8.86. The van der Waals surface area contributed by atoms with Crippen molar-refractivity contribution >= 4 is 80.0 Å². The van der Waals surface area contributed by atoms with E-state index in [0.717, 1.165) is 18.2 Å². The normalized spacial score (nSPS) is 17.4. The van der Waals surface area contributed by atoms with Crippen molar-refractivity contribution in [3.63, 3.8) is 0 Å². The highest BCUT2D eigenvalue weighted by Gasteiger charge is 2.67. The number of nitrogens with one attached hydrogen (secondary N) is 2. The molecule has 0 heterocycles. The number of nitrogens with two attached hydrogens (primary N) is 1. The Kier molecular flexibility index (Phi) is 9.44. The fourth-order valence-corrected chi connectivity index (χ4v) is 6.21. The van der Waals surface area contributed by atoms with Crippen LogP contribution in [0.4, 0.5) is 38.1 Å². The lowest BCUT2D eigenvalue weighted by molar-refractivity contribution is -0.138. The van der Waals surface area contributed by atoms with E-state index in [-0.39, 0.29) is 31.9 Å². The fourth-order valence-electron chi connectivity index (χ4n) is 4.71. The lowest BCUT2D eigenvalue weighted by atomic mass is 9.85. The third kappa shape index (κ3) is 7.16. The maximum atomic E-state index is 15.4. The predicted octanol–water partition coefficient (Wildman–Crippen LogP) is 8.93. The number of benzene rings is 3. The van der Waals surface area contributed by atoms with Crippen LogP contribution >= 0.6 is 50.7 Å². The van der Waals surface area contributed by atoms with Crippen LogP contribution in [0.5, 0.6) is 5.75 Å². The molecule has 16 heteroatoms. The van der Waals surface area contributed by atoms with Crippen LogP contribution in [-0.2, 0) is 16.4 Å². The van der Waals surface area contributed by atoms with E-state index in [4.69, 9.17) is 40.5 Å². The van der Waals surface area contributed by atoms with E-state index in [2.05, 4.69) is 31.3 Å². The molecule has 0 saturated heterocycles. The summed E-state index contributed by atoms with van der Waals surface area (Å²) < 4.78 is 72.8. The number of ether oxygens (including phenoxy) is 1. The molecule has 3 aromatic rings. The number of carbonyl (C=O) groups is 3. The molecule has 0 aliphatic heterocycles. The molecule has 0 radical (unpaired) electrons. The minimum absolute atomic E-state index is 0.00483. The highest BCUT2D eigenvalue weighted by Crippen LogP contribution is 2.65. The molecule has 1 aliphatic carbocycles. The van der Waals surface area contributed by atoms with Crippen molar-refractivity contribution in [3.05, 3.63) is 85.8 Å². The van der Waals surface area contributed by atoms with Gasteiger partial charge in [0.25, 0.3) is 5.91 Å². The summed E-state index contributed by atoms with van der Waals surface area (Å²) >= 11 is 21.7. The minimum Gasteiger partial charge on any atom is -0.404 e. The summed E-state index contributed by atoms with van der Waals surface area (Å²) in [4.78, 5) is 37.7. The third-order valence-electron chi connectivity index (χ3n) is 6.89. The van der Waals surface area contributed by atoms with Crippen LogP contribution in [0.2, 0.25) is 5.02 Å². The summed E-state index contributed by atoms with van der Waals surface area (Å²) in [5.41, 5.74) is 2.37. The molecule has 45 heavy (non-hydrogen) atoms. The van der Waals surface area contributed by atoms with Crippen LogP contribution in [0, 0.1) is 17.6 Å². The van der Waals surface area contributed by atoms with Crippen molar-refractivity contribution in [1.82, 2.24) is 0 Å². The van der Waals surface area contributed by atoms with Gasteiger partial charge in [-0.15, -0.1) is 23.2 Å². The molecular formula is C29H22BrCl3F5N3O4. The average molecular weight is 758 g/mol. The fraction of sp³-hybridized carbons (Fsp3) is 0.276. The maximum absolute atomic E-state index is 15.4. The Morgan fingerprint density at radius 1 is 0.978 bits per heavy atom. The van der Waals surface area contributed by atoms with Crippen LogP contribution in [0.25, 0.3) is 0 Å². The molecule has 4 N–H and O–H groups in total. The topological polar surface area (TPSA) is 111 Å². The SMILES string of the molecule is CC(C)(C)c1cc(F)c(OC(N)=O)c(F)c1NC(=O)c1cc(NC(=O)[C@H]2[C@H](c3ccc(Br)c(C(F)(F)F)c3)C2(Cl)Cl)ccc1Cl. The molecule has 0 aromatic heterocycles. The molecule has 7 nitrogen and oxygen atoms in total. The van der Waals surface area contributed by atoms with Gasteiger partial charge in [-0.05, 0) is 52.9 Å². The molecule has 0 bridgehead atoms. The Labute approximate surface area is 276 Å². The summed E-state index contributed by atoms with van der Waals surface area (Å²) in [6.07, 6.45) is -6.17. The smallest absolute Gasteiger partial charge is 0.404 e. The largest absolute Gasteiger partial charge is 0.417 e. The zero-order valence-corrected chi connectivity index (χ0v) is 27.2. The zero-order valence-electron chi connectivity index (χ0n) is 23.3. The Morgan fingerprint density at radius 3 is 2.20 bits per heavy atom. The average Bonchev–Trinajstić information content (AvgIpc) is 3.49. The number of hydrogen-bond donors (Lipinski definition) is 3. The van der Waals surface area contributed by atoms with Crippen LogP contribution < -0.4 is 21.1 Å². The van der Waals surface area contributed by atoms with Gasteiger partial charge in [-0.1, -0.05) is 54.4 Å². The van der Waals surface area contributed by atoms with Gasteiger partial charge in [0.2, 0.25) is 11.7 Å². The predicted molar refractivity (Wildman–Crippen MR) is 163 cm³/mol. The van der Waals surface area contributed by atoms with Crippen molar-refractivity contribution in [3.8, 4) is 5.75 Å². The van der Waals surface area contributed by atoms with Gasteiger partial charge in [0.1, 0.15) is 4.33 Å². The van der Waals surface area contributed by atoms with Gasteiger partial charge in [0.05, 0.1) is 27.8 Å². The number of alkyl halides is 5. The number of rotatable bonds is 6. The molecule has 0 unspecified atom stereocenters. The number of carbonyl (C=O) groups excluding carboxylic acids is 3. The minimum atomic E-state index is -4.68. The molecule has 3 aromatic carbocycles. The second-order valence-electron chi connectivity index (χ2n) is 11.1. The summed E-state index contributed by atoms with van der Waals surface area (Å²) in [5, 5.41) is 4.71. The second kappa shape index (κ2) is 12.2. The molecule has 2 atom stereocenters. The molecule has 4 rings (SSSR count). The lowest BCUT2D eigenvalue weighted by Gasteiger charge is -2.25. The zero-order chi connectivity index (χ0) is 33.8. The first-order chi connectivity index (χ1) is 20.6. The van der Waals surface area contributed by atoms with E-state index < -0.39 is 74.3 Å². The molecule has 1 saturated carbocycles. The summed E-state index contributed by atoms with van der Waals surface area (Å²) in [7, 11) is 0. The Balaban J connectivity index is 1.61. The van der Waals surface area contributed by atoms with Gasteiger partial charge in [-0.25, -0.2) is 13.6 Å². The van der Waals surface area contributed by atoms with Crippen molar-refractivity contribution in [2.75, 3.05) is 10.6 Å². The summed E-state index contributed by atoms with van der Waals surface area (Å²) in [5.74, 6) is -7.67. The molecular weight excluding hydrogens is 736 g/mol. The summed E-state index contributed by atoms with van der Waals surface area (Å²) in [6, 6.07) is 8.01. The second-order valence-corrected chi connectivity index (χ2v) is 13.8. The standard InChI is InChI=1S/C29H22BrCl3F5N3O4/c1-27(2,3)15-10-18(34)23(45-26(39)44)21(35)22(15)41-24(42)13-9-12(5-7-17(13)31)40-25(43)20-19(28(20,32)33)11-4-6-16(30)14(8-11)29(36,37)38/h4-10,19-20H,1-3H3,(H2,39,44)(H,40,43)(H,41,42)/t19-,20+/m0/s1. The van der Waals surface area contributed by atoms with Crippen molar-refractivity contribution in [2.24, 2.45) is 11.7 Å².